The number of nitrogens with zero attached hydrogens (tertiary/aromatic N) is 1. The number of ether oxygens (including phenoxy) is 2. The molecule has 1 saturated carbocycles. The van der Waals surface area contributed by atoms with Crippen LogP contribution in [0.15, 0.2) is 29.2 Å². The second-order valence-corrected chi connectivity index (χ2v) is 11.5. The number of carbonyl (C=O) groups is 3. The molecule has 1 aromatic carbocycles. The molecule has 1 N–H and O–H groups in total. The van der Waals surface area contributed by atoms with Gasteiger partial charge in [0.1, 0.15) is 17.6 Å². The maximum absolute atomic E-state index is 13.2. The summed E-state index contributed by atoms with van der Waals surface area (Å²) in [7, 11) is -4.68. The minimum Gasteiger partial charge on any atom is -0.458 e. The molecule has 0 radical (unpaired) electrons. The topological polar surface area (TPSA) is 119 Å². The van der Waals surface area contributed by atoms with Gasteiger partial charge in [0.25, 0.3) is 10.0 Å². The van der Waals surface area contributed by atoms with Gasteiger partial charge in [-0.1, -0.05) is 38.2 Å². The van der Waals surface area contributed by atoms with Gasteiger partial charge in [-0.3, -0.25) is 4.79 Å². The minimum absolute atomic E-state index is 0.109. The highest BCUT2D eigenvalue weighted by molar-refractivity contribution is 7.89. The lowest BCUT2D eigenvalue weighted by molar-refractivity contribution is -0.274. The molecule has 208 valence electrons. The third-order valence-corrected chi connectivity index (χ3v) is 6.95. The maximum atomic E-state index is 13.2. The Morgan fingerprint density at radius 2 is 1.81 bits per heavy atom. The Balaban J connectivity index is 2.36. The van der Waals surface area contributed by atoms with E-state index in [1.54, 1.807) is 20.8 Å². The van der Waals surface area contributed by atoms with E-state index in [4.69, 9.17) is 4.74 Å². The molecular formula is C24H33F3N2O7S. The molecule has 0 spiro atoms. The summed E-state index contributed by atoms with van der Waals surface area (Å²) < 4.78 is 73.1. The number of hydrogen-bond donors (Lipinski definition) is 1. The highest BCUT2D eigenvalue weighted by Crippen LogP contribution is 2.28. The van der Waals surface area contributed by atoms with Crippen molar-refractivity contribution >= 4 is 28.2 Å². The van der Waals surface area contributed by atoms with Crippen LogP contribution in [-0.2, 0) is 29.1 Å². The van der Waals surface area contributed by atoms with Crippen molar-refractivity contribution in [1.29, 1.82) is 0 Å². The van der Waals surface area contributed by atoms with Gasteiger partial charge in [-0.25, -0.2) is 18.2 Å². The van der Waals surface area contributed by atoms with Gasteiger partial charge in [-0.05, 0) is 45.2 Å². The molecule has 1 atom stereocenters. The monoisotopic (exact) mass is 550 g/mol. The van der Waals surface area contributed by atoms with Gasteiger partial charge in [-0.15, -0.1) is 18.0 Å². The van der Waals surface area contributed by atoms with E-state index in [1.807, 2.05) is 4.83 Å². The standard InChI is InChI=1S/C24H33F3N2O7S/c1-23(2,3)36-22(32)20(14-15-30)29(21(31)13-12-17-8-5-4-6-9-17)28-37(33,34)19-11-7-10-18(16-19)35-24(25,26)27/h7,10-11,15-17,20,28H,4-6,8-9,12-14H2,1-3H3/t20-/m0/s1. The largest absolute Gasteiger partial charge is 0.573 e. The minimum atomic E-state index is -5.05. The first-order valence-corrected chi connectivity index (χ1v) is 13.5. The van der Waals surface area contributed by atoms with Crippen molar-refractivity contribution in [1.82, 2.24) is 9.84 Å². The van der Waals surface area contributed by atoms with Crippen LogP contribution in [0.3, 0.4) is 0 Å². The van der Waals surface area contributed by atoms with E-state index < -0.39 is 57.0 Å². The van der Waals surface area contributed by atoms with Crippen molar-refractivity contribution < 1.29 is 45.4 Å². The van der Waals surface area contributed by atoms with E-state index in [-0.39, 0.29) is 12.3 Å². The van der Waals surface area contributed by atoms with Gasteiger partial charge in [0.05, 0.1) is 4.90 Å². The summed E-state index contributed by atoms with van der Waals surface area (Å²) in [6, 6.07) is 1.94. The Morgan fingerprint density at radius 1 is 1.16 bits per heavy atom. The molecule has 0 heterocycles. The summed E-state index contributed by atoms with van der Waals surface area (Å²) in [6.07, 6.45) is 0.0803. The molecule has 9 nitrogen and oxygen atoms in total. The van der Waals surface area contributed by atoms with Crippen LogP contribution in [0.25, 0.3) is 0 Å². The van der Waals surface area contributed by atoms with E-state index in [9.17, 15) is 36.0 Å². The van der Waals surface area contributed by atoms with Gasteiger partial charge in [-0.2, -0.15) is 0 Å². The first kappa shape index (κ1) is 30.6. The molecule has 0 unspecified atom stereocenters. The molecule has 0 aromatic heterocycles. The van der Waals surface area contributed by atoms with Gasteiger partial charge in [0.2, 0.25) is 5.91 Å². The van der Waals surface area contributed by atoms with Gasteiger partial charge in [0, 0.05) is 18.9 Å². The summed E-state index contributed by atoms with van der Waals surface area (Å²) in [4.78, 5) is 38.9. The molecule has 0 saturated heterocycles. The van der Waals surface area contributed by atoms with Crippen LogP contribution in [-0.4, -0.2) is 49.6 Å². The number of hydrogen-bond acceptors (Lipinski definition) is 7. The highest BCUT2D eigenvalue weighted by atomic mass is 32.2. The number of esters is 1. The van der Waals surface area contributed by atoms with Gasteiger partial charge >= 0.3 is 12.3 Å². The average molecular weight is 551 g/mol. The van der Waals surface area contributed by atoms with Crippen LogP contribution in [0.1, 0.15) is 72.1 Å². The normalized spacial score (nSPS) is 16.1. The molecule has 0 aliphatic heterocycles. The molecular weight excluding hydrogens is 517 g/mol. The van der Waals surface area contributed by atoms with Crippen molar-refractivity contribution in [2.24, 2.45) is 5.92 Å². The second kappa shape index (κ2) is 12.7. The lowest BCUT2D eigenvalue weighted by atomic mass is 9.86. The van der Waals surface area contributed by atoms with Crippen molar-refractivity contribution in [2.45, 2.75) is 95.0 Å². The summed E-state index contributed by atoms with van der Waals surface area (Å²) in [5.74, 6) is -2.31. The van der Waals surface area contributed by atoms with Crippen LogP contribution >= 0.6 is 0 Å². The lowest BCUT2D eigenvalue weighted by Gasteiger charge is -2.32. The third-order valence-electron chi connectivity index (χ3n) is 5.64. The first-order valence-electron chi connectivity index (χ1n) is 12.0. The molecule has 2 rings (SSSR count). The quantitative estimate of drug-likeness (QED) is 0.248. The number of aldehydes is 1. The smallest absolute Gasteiger partial charge is 0.458 e. The first-order chi connectivity index (χ1) is 17.1. The molecule has 1 amide bonds. The summed E-state index contributed by atoms with van der Waals surface area (Å²) in [6.45, 7) is 4.69. The number of nitrogens with one attached hydrogen (secondary N) is 1. The fourth-order valence-corrected chi connectivity index (χ4v) is 5.12. The van der Waals surface area contributed by atoms with E-state index >= 15 is 0 Å². The van der Waals surface area contributed by atoms with Gasteiger partial charge < -0.3 is 14.3 Å². The number of hydrazine groups is 1. The molecule has 13 heteroatoms. The maximum Gasteiger partial charge on any atom is 0.573 e. The number of alkyl halides is 3. The molecule has 1 aromatic rings. The summed E-state index contributed by atoms with van der Waals surface area (Å²) in [5, 5.41) is 0.540. The van der Waals surface area contributed by atoms with Crippen LogP contribution in [0.5, 0.6) is 5.75 Å². The van der Waals surface area contributed by atoms with Crippen LogP contribution < -0.4 is 9.57 Å². The molecule has 1 aliphatic rings. The van der Waals surface area contributed by atoms with E-state index in [2.05, 4.69) is 4.74 Å². The Morgan fingerprint density at radius 3 is 2.38 bits per heavy atom. The second-order valence-electron chi connectivity index (χ2n) is 9.88. The van der Waals surface area contributed by atoms with E-state index in [0.717, 1.165) is 50.3 Å². The molecule has 37 heavy (non-hydrogen) atoms. The number of amides is 1. The zero-order chi connectivity index (χ0) is 27.9. The fraction of sp³-hybridized carbons (Fsp3) is 0.625. The van der Waals surface area contributed by atoms with Crippen LogP contribution in [0.2, 0.25) is 0 Å². The fourth-order valence-electron chi connectivity index (χ4n) is 4.00. The summed E-state index contributed by atoms with van der Waals surface area (Å²) >= 11 is 0. The Labute approximate surface area is 214 Å². The van der Waals surface area contributed by atoms with Crippen molar-refractivity contribution in [3.63, 3.8) is 0 Å². The number of rotatable bonds is 11. The Hall–Kier alpha value is -2.67. The van der Waals surface area contributed by atoms with Crippen molar-refractivity contribution in [3.8, 4) is 5.75 Å². The predicted molar refractivity (Wildman–Crippen MR) is 126 cm³/mol. The van der Waals surface area contributed by atoms with Crippen molar-refractivity contribution in [3.05, 3.63) is 24.3 Å². The highest BCUT2D eigenvalue weighted by Gasteiger charge is 2.37. The molecule has 1 aliphatic carbocycles. The van der Waals surface area contributed by atoms with Gasteiger partial charge in [0.15, 0.2) is 6.04 Å². The van der Waals surface area contributed by atoms with Crippen LogP contribution in [0.4, 0.5) is 13.2 Å². The van der Waals surface area contributed by atoms with E-state index in [1.165, 1.54) is 0 Å². The zero-order valence-corrected chi connectivity index (χ0v) is 21.9. The van der Waals surface area contributed by atoms with E-state index in [0.29, 0.717) is 23.8 Å². The molecule has 1 fully saturated rings. The third kappa shape index (κ3) is 10.3. The number of sulfonamides is 1. The Bertz CT molecular complexity index is 1050. The van der Waals surface area contributed by atoms with Crippen LogP contribution in [0, 0.1) is 5.92 Å². The Kier molecular flexibility index (Phi) is 10.5. The number of halogens is 3. The average Bonchev–Trinajstić information content (AvgIpc) is 2.78. The number of benzene rings is 1. The summed E-state index contributed by atoms with van der Waals surface area (Å²) in [5.41, 5.74) is -1.00. The lowest BCUT2D eigenvalue weighted by Crippen LogP contribution is -2.56. The molecule has 0 bridgehead atoms. The number of carbonyl (C=O) groups excluding carboxylic acids is 3. The van der Waals surface area contributed by atoms with Crippen molar-refractivity contribution in [2.75, 3.05) is 0 Å². The predicted octanol–water partition coefficient (Wildman–Crippen LogP) is 4.27. The zero-order valence-electron chi connectivity index (χ0n) is 21.0. The SMILES string of the molecule is CC(C)(C)OC(=O)[C@H](CC=O)N(NS(=O)(=O)c1cccc(OC(F)(F)F)c1)C(=O)CCC1CCCCC1.